The number of benzene rings is 1. The Kier molecular flexibility index (Phi) is 3.49. The highest BCUT2D eigenvalue weighted by Gasteiger charge is 2.18. The molecule has 0 saturated heterocycles. The number of furan rings is 1. The van der Waals surface area contributed by atoms with Crippen LogP contribution in [-0.2, 0) is 17.8 Å². The molecule has 0 spiro atoms. The van der Waals surface area contributed by atoms with Crippen LogP contribution in [0.5, 0.6) is 0 Å². The molecule has 6 heteroatoms. The van der Waals surface area contributed by atoms with Crippen molar-refractivity contribution in [3.8, 4) is 0 Å². The SMILES string of the molecule is O=C1CCc2ncc(C(=O)NCc3cc4ccccc4o3)cc2N1. The number of rotatable bonds is 3. The molecule has 0 fully saturated rings. The van der Waals surface area contributed by atoms with Gasteiger partial charge in [-0.05, 0) is 18.2 Å². The number of hydrogen-bond acceptors (Lipinski definition) is 4. The second-order valence-corrected chi connectivity index (χ2v) is 5.70. The second-order valence-electron chi connectivity index (χ2n) is 5.70. The van der Waals surface area contributed by atoms with Gasteiger partial charge in [-0.25, -0.2) is 0 Å². The van der Waals surface area contributed by atoms with Crippen LogP contribution in [0.1, 0.15) is 28.2 Å². The highest BCUT2D eigenvalue weighted by atomic mass is 16.3. The van der Waals surface area contributed by atoms with Gasteiger partial charge in [0.2, 0.25) is 5.91 Å². The first-order valence-corrected chi connectivity index (χ1v) is 7.73. The second kappa shape index (κ2) is 5.81. The molecule has 1 aromatic carbocycles. The van der Waals surface area contributed by atoms with Crippen molar-refractivity contribution in [3.63, 3.8) is 0 Å². The van der Waals surface area contributed by atoms with Gasteiger partial charge in [0.25, 0.3) is 5.91 Å². The van der Waals surface area contributed by atoms with Gasteiger partial charge in [0.05, 0.1) is 23.5 Å². The molecule has 0 radical (unpaired) electrons. The van der Waals surface area contributed by atoms with Crippen molar-refractivity contribution >= 4 is 28.5 Å². The Labute approximate surface area is 137 Å². The number of carbonyl (C=O) groups is 2. The van der Waals surface area contributed by atoms with E-state index in [4.69, 9.17) is 4.42 Å². The zero-order valence-corrected chi connectivity index (χ0v) is 12.8. The van der Waals surface area contributed by atoms with E-state index in [9.17, 15) is 9.59 Å². The van der Waals surface area contributed by atoms with Crippen molar-refractivity contribution in [1.29, 1.82) is 0 Å². The topological polar surface area (TPSA) is 84.2 Å². The maximum Gasteiger partial charge on any atom is 0.253 e. The molecule has 0 atom stereocenters. The van der Waals surface area contributed by atoms with E-state index < -0.39 is 0 Å². The summed E-state index contributed by atoms with van der Waals surface area (Å²) in [6.45, 7) is 0.289. The first-order chi connectivity index (χ1) is 11.7. The quantitative estimate of drug-likeness (QED) is 0.777. The van der Waals surface area contributed by atoms with E-state index in [1.807, 2.05) is 30.3 Å². The van der Waals surface area contributed by atoms with Crippen LogP contribution in [-0.4, -0.2) is 16.8 Å². The molecule has 0 unspecified atom stereocenters. The molecule has 0 saturated carbocycles. The molecule has 3 heterocycles. The van der Waals surface area contributed by atoms with Gasteiger partial charge in [0.15, 0.2) is 0 Å². The van der Waals surface area contributed by atoms with Gasteiger partial charge in [-0.2, -0.15) is 0 Å². The molecule has 1 aliphatic heterocycles. The largest absolute Gasteiger partial charge is 0.459 e. The standard InChI is InChI=1S/C18H15N3O3/c22-17-6-5-14-15(21-17)8-12(9-19-14)18(23)20-10-13-7-11-3-1-2-4-16(11)24-13/h1-4,7-9H,5-6,10H2,(H,20,23)(H,21,22). The number of fused-ring (bicyclic) bond motifs is 2. The normalized spacial score (nSPS) is 13.4. The van der Waals surface area contributed by atoms with Crippen molar-refractivity contribution in [2.45, 2.75) is 19.4 Å². The first kappa shape index (κ1) is 14.4. The minimum Gasteiger partial charge on any atom is -0.459 e. The summed E-state index contributed by atoms with van der Waals surface area (Å²) >= 11 is 0. The summed E-state index contributed by atoms with van der Waals surface area (Å²) in [5.74, 6) is 0.374. The minimum atomic E-state index is -0.259. The summed E-state index contributed by atoms with van der Waals surface area (Å²) in [5, 5.41) is 6.56. The van der Waals surface area contributed by atoms with Crippen LogP contribution >= 0.6 is 0 Å². The van der Waals surface area contributed by atoms with Gasteiger partial charge >= 0.3 is 0 Å². The molecule has 2 N–H and O–H groups in total. The fraction of sp³-hybridized carbons (Fsp3) is 0.167. The number of carbonyl (C=O) groups excluding carboxylic acids is 2. The lowest BCUT2D eigenvalue weighted by Crippen LogP contribution is -2.25. The molecule has 1 aliphatic rings. The van der Waals surface area contributed by atoms with Crippen molar-refractivity contribution in [3.05, 3.63) is 59.6 Å². The van der Waals surface area contributed by atoms with Crippen molar-refractivity contribution in [2.75, 3.05) is 5.32 Å². The number of pyridine rings is 1. The highest BCUT2D eigenvalue weighted by Crippen LogP contribution is 2.22. The van der Waals surface area contributed by atoms with E-state index in [0.717, 1.165) is 16.7 Å². The highest BCUT2D eigenvalue weighted by molar-refractivity contribution is 5.98. The predicted octanol–water partition coefficient (Wildman–Crippen LogP) is 2.64. The van der Waals surface area contributed by atoms with E-state index in [2.05, 4.69) is 15.6 Å². The van der Waals surface area contributed by atoms with Crippen LogP contribution in [0.3, 0.4) is 0 Å². The molecular formula is C18H15N3O3. The molecule has 2 amide bonds. The predicted molar refractivity (Wildman–Crippen MR) is 88.6 cm³/mol. The van der Waals surface area contributed by atoms with Gasteiger partial charge in [-0.1, -0.05) is 18.2 Å². The summed E-state index contributed by atoms with van der Waals surface area (Å²) in [5.41, 5.74) is 2.62. The number of amides is 2. The summed E-state index contributed by atoms with van der Waals surface area (Å²) in [4.78, 5) is 28.0. The summed E-state index contributed by atoms with van der Waals surface area (Å²) in [6.07, 6.45) is 2.56. The Balaban J connectivity index is 1.48. The van der Waals surface area contributed by atoms with E-state index in [-0.39, 0.29) is 18.4 Å². The lowest BCUT2D eigenvalue weighted by atomic mass is 10.1. The number of nitrogens with zero attached hydrogens (tertiary/aromatic N) is 1. The average molecular weight is 321 g/mol. The molecule has 6 nitrogen and oxygen atoms in total. The molecule has 3 aromatic rings. The summed E-state index contributed by atoms with van der Waals surface area (Å²) < 4.78 is 5.67. The van der Waals surface area contributed by atoms with E-state index in [0.29, 0.717) is 29.9 Å². The first-order valence-electron chi connectivity index (χ1n) is 7.73. The van der Waals surface area contributed by atoms with Gasteiger partial charge < -0.3 is 15.1 Å². The molecule has 120 valence electrons. The average Bonchev–Trinajstić information content (AvgIpc) is 3.02. The number of aromatic nitrogens is 1. The fourth-order valence-electron chi connectivity index (χ4n) is 2.76. The lowest BCUT2D eigenvalue weighted by Gasteiger charge is -2.16. The van der Waals surface area contributed by atoms with Crippen LogP contribution in [0.15, 0.2) is 47.0 Å². The van der Waals surface area contributed by atoms with E-state index in [1.165, 1.54) is 6.20 Å². The Hall–Kier alpha value is -3.15. The van der Waals surface area contributed by atoms with Crippen LogP contribution in [0, 0.1) is 0 Å². The number of hydrogen-bond donors (Lipinski definition) is 2. The summed E-state index contributed by atoms with van der Waals surface area (Å²) in [6, 6.07) is 11.2. The van der Waals surface area contributed by atoms with Gasteiger partial charge in [-0.15, -0.1) is 0 Å². The molecule has 4 rings (SSSR count). The number of anilines is 1. The van der Waals surface area contributed by atoms with Crippen LogP contribution < -0.4 is 10.6 Å². The molecule has 2 aromatic heterocycles. The Morgan fingerprint density at radius 2 is 2.12 bits per heavy atom. The van der Waals surface area contributed by atoms with Crippen LogP contribution in [0.4, 0.5) is 5.69 Å². The van der Waals surface area contributed by atoms with Crippen molar-refractivity contribution < 1.29 is 14.0 Å². The lowest BCUT2D eigenvalue weighted by molar-refractivity contribution is -0.116. The third-order valence-corrected chi connectivity index (χ3v) is 4.00. The van der Waals surface area contributed by atoms with E-state index in [1.54, 1.807) is 6.07 Å². The maximum atomic E-state index is 12.3. The third-order valence-electron chi connectivity index (χ3n) is 4.00. The fourth-order valence-corrected chi connectivity index (χ4v) is 2.76. The van der Waals surface area contributed by atoms with Gasteiger partial charge in [0, 0.05) is 24.4 Å². The van der Waals surface area contributed by atoms with Crippen molar-refractivity contribution in [1.82, 2.24) is 10.3 Å². The Morgan fingerprint density at radius 1 is 1.25 bits per heavy atom. The van der Waals surface area contributed by atoms with Crippen molar-refractivity contribution in [2.24, 2.45) is 0 Å². The van der Waals surface area contributed by atoms with Gasteiger partial charge in [0.1, 0.15) is 11.3 Å². The number of aryl methyl sites for hydroxylation is 1. The zero-order chi connectivity index (χ0) is 16.5. The number of nitrogens with one attached hydrogen (secondary N) is 2. The van der Waals surface area contributed by atoms with Crippen LogP contribution in [0.2, 0.25) is 0 Å². The third kappa shape index (κ3) is 2.74. The zero-order valence-electron chi connectivity index (χ0n) is 12.8. The van der Waals surface area contributed by atoms with Gasteiger partial charge in [-0.3, -0.25) is 14.6 Å². The smallest absolute Gasteiger partial charge is 0.253 e. The maximum absolute atomic E-state index is 12.3. The Morgan fingerprint density at radius 3 is 3.00 bits per heavy atom. The molecule has 0 bridgehead atoms. The van der Waals surface area contributed by atoms with E-state index >= 15 is 0 Å². The summed E-state index contributed by atoms with van der Waals surface area (Å²) in [7, 11) is 0. The number of para-hydroxylation sites is 1. The molecular weight excluding hydrogens is 306 g/mol. The molecule has 24 heavy (non-hydrogen) atoms. The Bertz CT molecular complexity index is 913. The van der Waals surface area contributed by atoms with Crippen LogP contribution in [0.25, 0.3) is 11.0 Å². The minimum absolute atomic E-state index is 0.0517. The molecule has 0 aliphatic carbocycles. The monoisotopic (exact) mass is 321 g/mol.